The van der Waals surface area contributed by atoms with Crippen LogP contribution in [0.5, 0.6) is 0 Å². The first-order valence-corrected chi connectivity index (χ1v) is 9.13. The lowest BCUT2D eigenvalue weighted by Crippen LogP contribution is -2.49. The molecule has 1 fully saturated rings. The molecule has 0 aromatic carbocycles. The molecular formula is C14H25NO6S. The Bertz CT molecular complexity index is 508. The normalized spacial score (nSPS) is 22.8. The van der Waals surface area contributed by atoms with E-state index in [9.17, 15) is 18.0 Å². The highest BCUT2D eigenvalue weighted by molar-refractivity contribution is 7.92. The summed E-state index contributed by atoms with van der Waals surface area (Å²) in [6.07, 6.45) is 1.54. The molecule has 1 saturated heterocycles. The standard InChI is InChI=1S/C14H25NO6S/c1-14(2,3)21-8-7-10(13(17)18)15-12(16)11-6-4-5-9-22(11,19)20/h10-11H,4-9H2,1-3H3,(H,15,16)(H,17,18). The van der Waals surface area contributed by atoms with E-state index in [-0.39, 0.29) is 25.2 Å². The van der Waals surface area contributed by atoms with E-state index >= 15 is 0 Å². The number of amides is 1. The highest BCUT2D eigenvalue weighted by atomic mass is 32.2. The Kier molecular flexibility index (Phi) is 6.37. The second-order valence-corrected chi connectivity index (χ2v) is 8.80. The SMILES string of the molecule is CC(C)(C)OCCC(NC(=O)C1CCCCS1(=O)=O)C(=O)O. The van der Waals surface area contributed by atoms with Gasteiger partial charge in [-0.25, -0.2) is 13.2 Å². The van der Waals surface area contributed by atoms with Gasteiger partial charge in [0.1, 0.15) is 11.3 Å². The molecule has 2 unspecified atom stereocenters. The Labute approximate surface area is 131 Å². The quantitative estimate of drug-likeness (QED) is 0.740. The number of ether oxygens (including phenoxy) is 1. The summed E-state index contributed by atoms with van der Waals surface area (Å²) in [5.41, 5.74) is -0.403. The van der Waals surface area contributed by atoms with Gasteiger partial charge in [0.25, 0.3) is 0 Å². The molecule has 0 radical (unpaired) electrons. The molecule has 22 heavy (non-hydrogen) atoms. The molecule has 2 N–H and O–H groups in total. The summed E-state index contributed by atoms with van der Waals surface area (Å²) in [7, 11) is -3.47. The molecule has 0 bridgehead atoms. The predicted molar refractivity (Wildman–Crippen MR) is 81.3 cm³/mol. The number of sulfone groups is 1. The van der Waals surface area contributed by atoms with Crippen LogP contribution in [0.4, 0.5) is 0 Å². The minimum Gasteiger partial charge on any atom is -0.480 e. The van der Waals surface area contributed by atoms with E-state index in [2.05, 4.69) is 5.32 Å². The van der Waals surface area contributed by atoms with Crippen molar-refractivity contribution in [1.29, 1.82) is 0 Å². The summed E-state index contributed by atoms with van der Waals surface area (Å²) in [4.78, 5) is 23.3. The number of nitrogens with one attached hydrogen (secondary N) is 1. The second-order valence-electron chi connectivity index (χ2n) is 6.50. The fourth-order valence-electron chi connectivity index (χ4n) is 2.25. The van der Waals surface area contributed by atoms with Crippen LogP contribution in [0.1, 0.15) is 46.5 Å². The van der Waals surface area contributed by atoms with Crippen LogP contribution in [-0.2, 0) is 24.2 Å². The first-order chi connectivity index (χ1) is 10.0. The number of carbonyl (C=O) groups is 2. The fourth-order valence-corrected chi connectivity index (χ4v) is 4.06. The van der Waals surface area contributed by atoms with Gasteiger partial charge in [-0.1, -0.05) is 6.42 Å². The third-order valence-corrected chi connectivity index (χ3v) is 5.60. The van der Waals surface area contributed by atoms with Gasteiger partial charge in [-0.2, -0.15) is 0 Å². The van der Waals surface area contributed by atoms with E-state index in [0.717, 1.165) is 0 Å². The van der Waals surface area contributed by atoms with Gasteiger partial charge in [-0.3, -0.25) is 4.79 Å². The van der Waals surface area contributed by atoms with Crippen molar-refractivity contribution in [2.24, 2.45) is 0 Å². The van der Waals surface area contributed by atoms with E-state index in [1.807, 2.05) is 20.8 Å². The molecule has 0 aliphatic carbocycles. The smallest absolute Gasteiger partial charge is 0.326 e. The van der Waals surface area contributed by atoms with Crippen molar-refractivity contribution < 1.29 is 27.9 Å². The highest BCUT2D eigenvalue weighted by Crippen LogP contribution is 2.20. The van der Waals surface area contributed by atoms with Gasteiger partial charge in [-0.05, 0) is 33.6 Å². The molecule has 8 heteroatoms. The average Bonchev–Trinajstić information content (AvgIpc) is 2.35. The summed E-state index contributed by atoms with van der Waals surface area (Å²) in [6, 6.07) is -1.15. The van der Waals surface area contributed by atoms with Gasteiger partial charge >= 0.3 is 5.97 Å². The van der Waals surface area contributed by atoms with E-state index in [0.29, 0.717) is 12.8 Å². The zero-order valence-corrected chi connectivity index (χ0v) is 14.1. The highest BCUT2D eigenvalue weighted by Gasteiger charge is 2.36. The molecule has 0 spiro atoms. The molecule has 1 rings (SSSR count). The summed E-state index contributed by atoms with van der Waals surface area (Å²) < 4.78 is 29.2. The average molecular weight is 335 g/mol. The Morgan fingerprint density at radius 2 is 1.95 bits per heavy atom. The van der Waals surface area contributed by atoms with E-state index in [1.54, 1.807) is 0 Å². The summed E-state index contributed by atoms with van der Waals surface area (Å²) in [5.74, 6) is -1.93. The first kappa shape index (κ1) is 18.9. The van der Waals surface area contributed by atoms with Crippen LogP contribution in [-0.4, -0.2) is 54.7 Å². The van der Waals surface area contributed by atoms with Crippen LogP contribution in [0.2, 0.25) is 0 Å². The zero-order valence-electron chi connectivity index (χ0n) is 13.3. The van der Waals surface area contributed by atoms with E-state index in [1.165, 1.54) is 0 Å². The van der Waals surface area contributed by atoms with Crippen LogP contribution in [0.15, 0.2) is 0 Å². The lowest BCUT2D eigenvalue weighted by atomic mass is 10.1. The Morgan fingerprint density at radius 3 is 2.45 bits per heavy atom. The third kappa shape index (κ3) is 5.92. The van der Waals surface area contributed by atoms with Crippen LogP contribution >= 0.6 is 0 Å². The Hall–Kier alpha value is -1.15. The minimum absolute atomic E-state index is 0.0179. The van der Waals surface area contributed by atoms with Gasteiger partial charge in [-0.15, -0.1) is 0 Å². The molecule has 0 saturated carbocycles. The van der Waals surface area contributed by atoms with E-state index < -0.39 is 38.6 Å². The van der Waals surface area contributed by atoms with Gasteiger partial charge in [0, 0.05) is 13.0 Å². The molecular weight excluding hydrogens is 310 g/mol. The summed E-state index contributed by atoms with van der Waals surface area (Å²) in [6.45, 7) is 5.69. The van der Waals surface area contributed by atoms with Crippen LogP contribution in [0.25, 0.3) is 0 Å². The number of carbonyl (C=O) groups excluding carboxylic acids is 1. The lowest BCUT2D eigenvalue weighted by Gasteiger charge is -2.24. The molecule has 1 heterocycles. The molecule has 2 atom stereocenters. The van der Waals surface area contributed by atoms with E-state index in [4.69, 9.17) is 9.84 Å². The van der Waals surface area contributed by atoms with Crippen molar-refractivity contribution in [3.05, 3.63) is 0 Å². The topological polar surface area (TPSA) is 110 Å². The van der Waals surface area contributed by atoms with Crippen LogP contribution in [0.3, 0.4) is 0 Å². The molecule has 0 aromatic rings. The number of carboxylic acid groups (broad SMARTS) is 1. The molecule has 1 amide bonds. The maximum atomic E-state index is 12.1. The van der Waals surface area contributed by atoms with Gasteiger partial charge < -0.3 is 15.2 Å². The van der Waals surface area contributed by atoms with Gasteiger partial charge in [0.15, 0.2) is 9.84 Å². The van der Waals surface area contributed by atoms with Crippen molar-refractivity contribution in [3.63, 3.8) is 0 Å². The molecule has 7 nitrogen and oxygen atoms in total. The first-order valence-electron chi connectivity index (χ1n) is 7.41. The predicted octanol–water partition coefficient (Wildman–Crippen LogP) is 0.728. The van der Waals surface area contributed by atoms with Crippen molar-refractivity contribution in [2.45, 2.75) is 63.3 Å². The molecule has 1 aliphatic rings. The van der Waals surface area contributed by atoms with Crippen LogP contribution in [0, 0.1) is 0 Å². The number of rotatable bonds is 6. The number of aliphatic carboxylic acids is 1. The fraction of sp³-hybridized carbons (Fsp3) is 0.857. The number of hydrogen-bond donors (Lipinski definition) is 2. The van der Waals surface area contributed by atoms with Gasteiger partial charge in [0.05, 0.1) is 11.4 Å². The molecule has 0 aromatic heterocycles. The zero-order chi connectivity index (χ0) is 17.0. The summed E-state index contributed by atoms with van der Waals surface area (Å²) in [5, 5.41) is 10.4. The van der Waals surface area contributed by atoms with Crippen molar-refractivity contribution >= 4 is 21.7 Å². The van der Waals surface area contributed by atoms with Crippen molar-refractivity contribution in [1.82, 2.24) is 5.32 Å². The molecule has 1 aliphatic heterocycles. The Balaban J connectivity index is 2.62. The van der Waals surface area contributed by atoms with Crippen molar-refractivity contribution in [2.75, 3.05) is 12.4 Å². The lowest BCUT2D eigenvalue weighted by molar-refractivity contribution is -0.142. The maximum absolute atomic E-state index is 12.1. The largest absolute Gasteiger partial charge is 0.480 e. The Morgan fingerprint density at radius 1 is 1.32 bits per heavy atom. The van der Waals surface area contributed by atoms with Crippen LogP contribution < -0.4 is 5.32 Å². The second kappa shape index (κ2) is 7.41. The third-order valence-electron chi connectivity index (χ3n) is 3.43. The monoisotopic (exact) mass is 335 g/mol. The number of hydrogen-bond acceptors (Lipinski definition) is 5. The van der Waals surface area contributed by atoms with Gasteiger partial charge in [0.2, 0.25) is 5.91 Å². The summed E-state index contributed by atoms with van der Waals surface area (Å²) >= 11 is 0. The minimum atomic E-state index is -3.47. The number of carboxylic acids is 1. The molecule has 128 valence electrons. The van der Waals surface area contributed by atoms with Crippen molar-refractivity contribution in [3.8, 4) is 0 Å². The maximum Gasteiger partial charge on any atom is 0.326 e.